The number of ketones is 1. The van der Waals surface area contributed by atoms with Crippen molar-refractivity contribution in [2.45, 2.75) is 20.3 Å². The molecular formula is C11H13FO2. The zero-order chi connectivity index (χ0) is 10.7. The van der Waals surface area contributed by atoms with Crippen LogP contribution in [0.1, 0.15) is 18.1 Å². The third kappa shape index (κ3) is 2.31. The van der Waals surface area contributed by atoms with E-state index in [-0.39, 0.29) is 18.0 Å². The highest BCUT2D eigenvalue weighted by atomic mass is 19.1. The number of hydrogen-bond donors (Lipinski definition) is 0. The van der Waals surface area contributed by atoms with Gasteiger partial charge in [-0.25, -0.2) is 4.39 Å². The van der Waals surface area contributed by atoms with E-state index in [2.05, 4.69) is 0 Å². The highest BCUT2D eigenvalue weighted by Gasteiger charge is 2.11. The van der Waals surface area contributed by atoms with Crippen LogP contribution in [0.15, 0.2) is 12.1 Å². The Morgan fingerprint density at radius 1 is 1.50 bits per heavy atom. The van der Waals surface area contributed by atoms with Gasteiger partial charge in [0.15, 0.2) is 11.6 Å². The number of hydrogen-bond acceptors (Lipinski definition) is 2. The topological polar surface area (TPSA) is 26.3 Å². The molecule has 0 aliphatic rings. The van der Waals surface area contributed by atoms with Gasteiger partial charge in [-0.05, 0) is 25.5 Å². The van der Waals surface area contributed by atoms with E-state index in [0.29, 0.717) is 5.56 Å². The lowest BCUT2D eigenvalue weighted by Gasteiger charge is -2.09. The number of halogens is 1. The number of rotatable bonds is 3. The van der Waals surface area contributed by atoms with Crippen LogP contribution in [-0.4, -0.2) is 12.9 Å². The molecule has 0 N–H and O–H groups in total. The fourth-order valence-corrected chi connectivity index (χ4v) is 1.43. The van der Waals surface area contributed by atoms with Gasteiger partial charge < -0.3 is 4.74 Å². The average Bonchev–Trinajstić information content (AvgIpc) is 2.01. The largest absolute Gasteiger partial charge is 0.493 e. The second-order valence-electron chi connectivity index (χ2n) is 3.32. The van der Waals surface area contributed by atoms with E-state index in [1.807, 2.05) is 0 Å². The maximum Gasteiger partial charge on any atom is 0.165 e. The molecule has 0 atom stereocenters. The molecular weight excluding hydrogens is 183 g/mol. The summed E-state index contributed by atoms with van der Waals surface area (Å²) >= 11 is 0. The normalized spacial score (nSPS) is 10.0. The smallest absolute Gasteiger partial charge is 0.165 e. The number of Topliss-reactive ketones (excluding diaryl/α,β-unsaturated/α-hetero) is 1. The SMILES string of the molecule is COc1c(F)cc(C)cc1CC(C)=O. The van der Waals surface area contributed by atoms with Crippen molar-refractivity contribution in [3.63, 3.8) is 0 Å². The summed E-state index contributed by atoms with van der Waals surface area (Å²) in [5.74, 6) is -0.247. The van der Waals surface area contributed by atoms with Crippen LogP contribution in [0.3, 0.4) is 0 Å². The Morgan fingerprint density at radius 3 is 2.64 bits per heavy atom. The number of methoxy groups -OCH3 is 1. The molecule has 0 bridgehead atoms. The summed E-state index contributed by atoms with van der Waals surface area (Å²) < 4.78 is 18.2. The van der Waals surface area contributed by atoms with Gasteiger partial charge in [0.05, 0.1) is 7.11 Å². The van der Waals surface area contributed by atoms with Crippen molar-refractivity contribution in [3.05, 3.63) is 29.1 Å². The lowest BCUT2D eigenvalue weighted by molar-refractivity contribution is -0.116. The number of benzene rings is 1. The second-order valence-corrected chi connectivity index (χ2v) is 3.32. The van der Waals surface area contributed by atoms with E-state index in [4.69, 9.17) is 4.74 Å². The zero-order valence-corrected chi connectivity index (χ0v) is 8.56. The molecule has 0 heterocycles. The minimum atomic E-state index is -0.413. The Balaban J connectivity index is 3.17. The number of carbonyl (C=O) groups excluding carboxylic acids is 1. The molecule has 14 heavy (non-hydrogen) atoms. The van der Waals surface area contributed by atoms with Crippen molar-refractivity contribution in [1.29, 1.82) is 0 Å². The first-order chi connectivity index (χ1) is 6.54. The summed E-state index contributed by atoms with van der Waals surface area (Å²) in [6.07, 6.45) is 0.210. The van der Waals surface area contributed by atoms with Crippen molar-refractivity contribution < 1.29 is 13.9 Å². The number of aryl methyl sites for hydroxylation is 1. The summed E-state index contributed by atoms with van der Waals surface area (Å²) in [7, 11) is 1.40. The molecule has 3 heteroatoms. The van der Waals surface area contributed by atoms with Gasteiger partial charge in [-0.3, -0.25) is 4.79 Å². The van der Waals surface area contributed by atoms with Gasteiger partial charge in [0, 0.05) is 12.0 Å². The first-order valence-electron chi connectivity index (χ1n) is 4.37. The van der Waals surface area contributed by atoms with Crippen LogP contribution in [0.4, 0.5) is 4.39 Å². The molecule has 0 amide bonds. The third-order valence-electron chi connectivity index (χ3n) is 1.91. The molecule has 0 radical (unpaired) electrons. The van der Waals surface area contributed by atoms with E-state index in [1.54, 1.807) is 13.0 Å². The van der Waals surface area contributed by atoms with Gasteiger partial charge in [0.1, 0.15) is 5.78 Å². The summed E-state index contributed by atoms with van der Waals surface area (Å²) in [6.45, 7) is 3.26. The van der Waals surface area contributed by atoms with Crippen LogP contribution < -0.4 is 4.74 Å². The zero-order valence-electron chi connectivity index (χ0n) is 8.56. The van der Waals surface area contributed by atoms with Gasteiger partial charge in [0.25, 0.3) is 0 Å². The van der Waals surface area contributed by atoms with Crippen LogP contribution in [0, 0.1) is 12.7 Å². The second kappa shape index (κ2) is 4.22. The predicted octanol–water partition coefficient (Wildman–Crippen LogP) is 2.27. The van der Waals surface area contributed by atoms with Gasteiger partial charge in [-0.15, -0.1) is 0 Å². The summed E-state index contributed by atoms with van der Waals surface area (Å²) in [4.78, 5) is 10.9. The molecule has 0 saturated carbocycles. The van der Waals surface area contributed by atoms with Crippen molar-refractivity contribution in [2.75, 3.05) is 7.11 Å². The number of carbonyl (C=O) groups is 1. The standard InChI is InChI=1S/C11H13FO2/c1-7-4-9(6-8(2)13)11(14-3)10(12)5-7/h4-5H,6H2,1-3H3. The van der Waals surface area contributed by atoms with Crippen molar-refractivity contribution in [1.82, 2.24) is 0 Å². The Morgan fingerprint density at radius 2 is 2.14 bits per heavy atom. The van der Waals surface area contributed by atoms with E-state index in [0.717, 1.165) is 5.56 Å². The molecule has 0 aromatic heterocycles. The molecule has 0 saturated heterocycles. The molecule has 0 unspecified atom stereocenters. The molecule has 2 nitrogen and oxygen atoms in total. The van der Waals surface area contributed by atoms with Crippen molar-refractivity contribution >= 4 is 5.78 Å². The van der Waals surface area contributed by atoms with Gasteiger partial charge >= 0.3 is 0 Å². The number of ether oxygens (including phenoxy) is 1. The maximum atomic E-state index is 13.3. The molecule has 0 fully saturated rings. The van der Waals surface area contributed by atoms with Crippen LogP contribution in [0.2, 0.25) is 0 Å². The van der Waals surface area contributed by atoms with Crippen molar-refractivity contribution in [2.24, 2.45) is 0 Å². The highest BCUT2D eigenvalue weighted by molar-refractivity contribution is 5.79. The maximum absolute atomic E-state index is 13.3. The van der Waals surface area contributed by atoms with Gasteiger partial charge in [-0.2, -0.15) is 0 Å². The molecule has 76 valence electrons. The lowest BCUT2D eigenvalue weighted by Crippen LogP contribution is -2.02. The van der Waals surface area contributed by atoms with Crippen LogP contribution in [0.5, 0.6) is 5.75 Å². The molecule has 1 rings (SSSR count). The molecule has 0 aliphatic carbocycles. The van der Waals surface area contributed by atoms with E-state index >= 15 is 0 Å². The minimum Gasteiger partial charge on any atom is -0.493 e. The fourth-order valence-electron chi connectivity index (χ4n) is 1.43. The first kappa shape index (κ1) is 10.7. The van der Waals surface area contributed by atoms with Crippen LogP contribution in [-0.2, 0) is 11.2 Å². The third-order valence-corrected chi connectivity index (χ3v) is 1.91. The Kier molecular flexibility index (Phi) is 3.23. The molecule has 1 aromatic rings. The summed E-state index contributed by atoms with van der Waals surface area (Å²) in [5.41, 5.74) is 1.40. The van der Waals surface area contributed by atoms with Crippen LogP contribution in [0.25, 0.3) is 0 Å². The van der Waals surface area contributed by atoms with Crippen molar-refractivity contribution in [3.8, 4) is 5.75 Å². The average molecular weight is 196 g/mol. The Bertz CT molecular complexity index is 359. The Labute approximate surface area is 82.7 Å². The van der Waals surface area contributed by atoms with Gasteiger partial charge in [0.2, 0.25) is 0 Å². The predicted molar refractivity (Wildman–Crippen MR) is 52.1 cm³/mol. The lowest BCUT2D eigenvalue weighted by atomic mass is 10.1. The monoisotopic (exact) mass is 196 g/mol. The molecule has 0 aliphatic heterocycles. The molecule has 0 spiro atoms. The van der Waals surface area contributed by atoms with E-state index < -0.39 is 5.82 Å². The first-order valence-corrected chi connectivity index (χ1v) is 4.37. The molecule has 1 aromatic carbocycles. The highest BCUT2D eigenvalue weighted by Crippen LogP contribution is 2.24. The van der Waals surface area contributed by atoms with Gasteiger partial charge in [-0.1, -0.05) is 6.07 Å². The van der Waals surface area contributed by atoms with Crippen LogP contribution >= 0.6 is 0 Å². The summed E-state index contributed by atoms with van der Waals surface area (Å²) in [5, 5.41) is 0. The quantitative estimate of drug-likeness (QED) is 0.741. The van der Waals surface area contributed by atoms with E-state index in [9.17, 15) is 9.18 Å². The summed E-state index contributed by atoms with van der Waals surface area (Å²) in [6, 6.07) is 3.16. The van der Waals surface area contributed by atoms with E-state index in [1.165, 1.54) is 20.1 Å². The Hall–Kier alpha value is -1.38. The fraction of sp³-hybridized carbons (Fsp3) is 0.364. The minimum absolute atomic E-state index is 0.00620.